The van der Waals surface area contributed by atoms with Gasteiger partial charge in [-0.15, -0.1) is 0 Å². The topological polar surface area (TPSA) is 30.0 Å². The van der Waals surface area contributed by atoms with Crippen molar-refractivity contribution in [2.45, 2.75) is 0 Å². The van der Waals surface area contributed by atoms with Crippen molar-refractivity contribution in [1.29, 1.82) is 0 Å². The molecule has 2 aromatic rings. The van der Waals surface area contributed by atoms with Gasteiger partial charge >= 0.3 is 0 Å². The van der Waals surface area contributed by atoms with E-state index < -0.39 is 0 Å². The van der Waals surface area contributed by atoms with Crippen molar-refractivity contribution in [2.75, 3.05) is 0 Å². The van der Waals surface area contributed by atoms with Crippen LogP contribution in [0.15, 0.2) is 41.1 Å². The minimum Gasteiger partial charge on any atom is -0.298 e. The number of pyridine rings is 1. The smallest absolute Gasteiger partial charge is 0.152 e. The van der Waals surface area contributed by atoms with Crippen LogP contribution >= 0.6 is 15.9 Å². The molecule has 0 radical (unpaired) electrons. The molecule has 0 saturated carbocycles. The molecular weight excluding hydrogens is 273 g/mol. The Labute approximate surface area is 100 Å². The first kappa shape index (κ1) is 11.0. The molecule has 0 spiro atoms. The molecule has 0 fully saturated rings. The lowest BCUT2D eigenvalue weighted by Crippen LogP contribution is -1.89. The largest absolute Gasteiger partial charge is 0.298 e. The lowest BCUT2D eigenvalue weighted by Gasteiger charge is -2.04. The van der Waals surface area contributed by atoms with E-state index in [1.54, 1.807) is 24.4 Å². The summed E-state index contributed by atoms with van der Waals surface area (Å²) in [5, 5.41) is 0. The highest BCUT2D eigenvalue weighted by atomic mass is 79.9. The van der Waals surface area contributed by atoms with Gasteiger partial charge in [-0.05, 0) is 45.3 Å². The molecule has 0 N–H and O–H groups in total. The number of aromatic nitrogens is 1. The Morgan fingerprint density at radius 2 is 2.12 bits per heavy atom. The van der Waals surface area contributed by atoms with Gasteiger partial charge in [0, 0.05) is 18.0 Å². The molecular formula is C12H7BrFNO. The van der Waals surface area contributed by atoms with Gasteiger partial charge in [-0.1, -0.05) is 6.07 Å². The van der Waals surface area contributed by atoms with Gasteiger partial charge in [0.25, 0.3) is 0 Å². The van der Waals surface area contributed by atoms with E-state index in [1.807, 2.05) is 0 Å². The van der Waals surface area contributed by atoms with Gasteiger partial charge in [-0.25, -0.2) is 4.39 Å². The summed E-state index contributed by atoms with van der Waals surface area (Å²) >= 11 is 3.08. The maximum absolute atomic E-state index is 13.3. The maximum Gasteiger partial charge on any atom is 0.152 e. The zero-order valence-electron chi connectivity index (χ0n) is 8.15. The van der Waals surface area contributed by atoms with Gasteiger partial charge in [-0.3, -0.25) is 9.78 Å². The molecule has 0 unspecified atom stereocenters. The van der Waals surface area contributed by atoms with Crippen molar-refractivity contribution in [3.8, 4) is 11.1 Å². The molecule has 16 heavy (non-hydrogen) atoms. The third kappa shape index (κ3) is 2.02. The first-order chi connectivity index (χ1) is 7.72. The van der Waals surface area contributed by atoms with E-state index in [4.69, 9.17) is 0 Å². The summed E-state index contributed by atoms with van der Waals surface area (Å²) in [6, 6.07) is 6.42. The fourth-order valence-corrected chi connectivity index (χ4v) is 1.67. The highest BCUT2D eigenvalue weighted by molar-refractivity contribution is 9.10. The number of rotatable bonds is 2. The summed E-state index contributed by atoms with van der Waals surface area (Å²) in [6.45, 7) is 0. The second-order valence-electron chi connectivity index (χ2n) is 3.21. The van der Waals surface area contributed by atoms with Crippen LogP contribution in [-0.2, 0) is 0 Å². The minimum atomic E-state index is -0.355. The summed E-state index contributed by atoms with van der Waals surface area (Å²) in [5.41, 5.74) is 1.78. The number of aldehydes is 1. The number of carbonyl (C=O) groups is 1. The fourth-order valence-electron chi connectivity index (χ4n) is 1.43. The van der Waals surface area contributed by atoms with E-state index in [-0.39, 0.29) is 5.82 Å². The molecule has 1 aromatic heterocycles. The monoisotopic (exact) mass is 279 g/mol. The fraction of sp³-hybridized carbons (Fsp3) is 0. The molecule has 0 bridgehead atoms. The molecule has 0 aliphatic carbocycles. The standard InChI is InChI=1S/C12H7BrFNO/c13-11-2-1-8(5-12(11)14)10-3-4-15-6-9(10)7-16/h1-7H. The predicted molar refractivity (Wildman–Crippen MR) is 62.7 cm³/mol. The van der Waals surface area contributed by atoms with Crippen molar-refractivity contribution in [2.24, 2.45) is 0 Å². The lowest BCUT2D eigenvalue weighted by atomic mass is 10.0. The van der Waals surface area contributed by atoms with Crippen LogP contribution in [0.2, 0.25) is 0 Å². The van der Waals surface area contributed by atoms with Crippen LogP contribution in [-0.4, -0.2) is 11.3 Å². The number of benzene rings is 1. The molecule has 80 valence electrons. The Morgan fingerprint density at radius 3 is 2.81 bits per heavy atom. The predicted octanol–water partition coefficient (Wildman–Crippen LogP) is 3.46. The van der Waals surface area contributed by atoms with Crippen LogP contribution in [0.1, 0.15) is 10.4 Å². The second-order valence-corrected chi connectivity index (χ2v) is 4.06. The van der Waals surface area contributed by atoms with E-state index in [1.165, 1.54) is 12.3 Å². The van der Waals surface area contributed by atoms with Crippen LogP contribution in [0, 0.1) is 5.82 Å². The second kappa shape index (κ2) is 4.53. The summed E-state index contributed by atoms with van der Waals surface area (Å²) in [6.07, 6.45) is 3.74. The highest BCUT2D eigenvalue weighted by Crippen LogP contribution is 2.25. The zero-order chi connectivity index (χ0) is 11.5. The molecule has 0 saturated heterocycles. The molecule has 0 amide bonds. The van der Waals surface area contributed by atoms with Crippen LogP contribution in [0.3, 0.4) is 0 Å². The van der Waals surface area contributed by atoms with Crippen LogP contribution in [0.25, 0.3) is 11.1 Å². The van der Waals surface area contributed by atoms with E-state index in [9.17, 15) is 9.18 Å². The molecule has 1 aromatic carbocycles. The van der Waals surface area contributed by atoms with Gasteiger partial charge in [0.1, 0.15) is 5.82 Å². The Bertz CT molecular complexity index is 542. The first-order valence-corrected chi connectivity index (χ1v) is 5.36. The third-order valence-corrected chi connectivity index (χ3v) is 2.85. The number of hydrogen-bond donors (Lipinski definition) is 0. The van der Waals surface area contributed by atoms with E-state index in [0.717, 1.165) is 0 Å². The Balaban J connectivity index is 2.58. The van der Waals surface area contributed by atoms with E-state index in [2.05, 4.69) is 20.9 Å². The van der Waals surface area contributed by atoms with Crippen molar-refractivity contribution in [3.05, 3.63) is 52.5 Å². The van der Waals surface area contributed by atoms with Crippen LogP contribution in [0.5, 0.6) is 0 Å². The zero-order valence-corrected chi connectivity index (χ0v) is 9.74. The molecule has 0 aliphatic heterocycles. The minimum absolute atomic E-state index is 0.355. The van der Waals surface area contributed by atoms with Crippen molar-refractivity contribution in [1.82, 2.24) is 4.98 Å². The molecule has 0 aliphatic rings. The summed E-state index contributed by atoms with van der Waals surface area (Å²) in [4.78, 5) is 14.7. The number of halogens is 2. The normalized spacial score (nSPS) is 10.1. The molecule has 0 atom stereocenters. The summed E-state index contributed by atoms with van der Waals surface area (Å²) < 4.78 is 13.8. The van der Waals surface area contributed by atoms with E-state index in [0.29, 0.717) is 27.4 Å². The average Bonchev–Trinajstić information content (AvgIpc) is 2.32. The van der Waals surface area contributed by atoms with Crippen molar-refractivity contribution < 1.29 is 9.18 Å². The number of carbonyl (C=O) groups excluding carboxylic acids is 1. The van der Waals surface area contributed by atoms with Crippen LogP contribution in [0.4, 0.5) is 4.39 Å². The molecule has 2 rings (SSSR count). The van der Waals surface area contributed by atoms with E-state index >= 15 is 0 Å². The molecule has 1 heterocycles. The third-order valence-electron chi connectivity index (χ3n) is 2.21. The van der Waals surface area contributed by atoms with Gasteiger partial charge in [-0.2, -0.15) is 0 Å². The van der Waals surface area contributed by atoms with Gasteiger partial charge in [0.15, 0.2) is 6.29 Å². The number of nitrogens with zero attached hydrogens (tertiary/aromatic N) is 1. The Kier molecular flexibility index (Phi) is 3.10. The maximum atomic E-state index is 13.3. The first-order valence-electron chi connectivity index (χ1n) is 4.57. The summed E-state index contributed by atoms with van der Waals surface area (Å²) in [7, 11) is 0. The van der Waals surface area contributed by atoms with Crippen LogP contribution < -0.4 is 0 Å². The molecule has 4 heteroatoms. The van der Waals surface area contributed by atoms with Crippen molar-refractivity contribution >= 4 is 22.2 Å². The quantitative estimate of drug-likeness (QED) is 0.788. The summed E-state index contributed by atoms with van der Waals surface area (Å²) in [5.74, 6) is -0.355. The highest BCUT2D eigenvalue weighted by Gasteiger charge is 2.06. The molecule has 2 nitrogen and oxygen atoms in total. The number of hydrogen-bond acceptors (Lipinski definition) is 2. The SMILES string of the molecule is O=Cc1cnccc1-c1ccc(Br)c(F)c1. The van der Waals surface area contributed by atoms with Crippen molar-refractivity contribution in [3.63, 3.8) is 0 Å². The van der Waals surface area contributed by atoms with Gasteiger partial charge in [0.2, 0.25) is 0 Å². The average molecular weight is 280 g/mol. The Morgan fingerprint density at radius 1 is 1.31 bits per heavy atom. The Hall–Kier alpha value is -1.55. The van der Waals surface area contributed by atoms with Gasteiger partial charge in [0.05, 0.1) is 4.47 Å². The lowest BCUT2D eigenvalue weighted by molar-refractivity contribution is 0.112. The van der Waals surface area contributed by atoms with Gasteiger partial charge < -0.3 is 0 Å².